The average Bonchev–Trinajstić information content (AvgIpc) is 2.49. The highest BCUT2D eigenvalue weighted by atomic mass is 32.1. The Morgan fingerprint density at radius 3 is 2.50 bits per heavy atom. The number of anilines is 1. The van der Waals surface area contributed by atoms with Gasteiger partial charge in [0.25, 0.3) is 11.6 Å². The predicted octanol–water partition coefficient (Wildman–Crippen LogP) is 2.86. The predicted molar refractivity (Wildman–Crippen MR) is 83.2 cm³/mol. The van der Waals surface area contributed by atoms with Crippen LogP contribution in [0.25, 0.3) is 0 Å². The van der Waals surface area contributed by atoms with Crippen LogP contribution in [0, 0.1) is 15.9 Å². The number of nitro groups is 1. The first-order valence-electron chi connectivity index (χ1n) is 6.08. The number of amides is 1. The van der Waals surface area contributed by atoms with E-state index in [1.165, 1.54) is 42.5 Å². The van der Waals surface area contributed by atoms with E-state index in [-0.39, 0.29) is 16.4 Å². The third-order valence-corrected chi connectivity index (χ3v) is 2.85. The average molecular weight is 319 g/mol. The molecule has 0 fully saturated rings. The zero-order valence-electron chi connectivity index (χ0n) is 11.1. The highest BCUT2D eigenvalue weighted by molar-refractivity contribution is 7.80. The van der Waals surface area contributed by atoms with Crippen LogP contribution in [0.3, 0.4) is 0 Å². The number of benzene rings is 2. The highest BCUT2D eigenvalue weighted by Crippen LogP contribution is 2.13. The number of nitro benzene ring substituents is 1. The molecule has 0 aromatic heterocycles. The number of hydrogen-bond donors (Lipinski definition) is 2. The van der Waals surface area contributed by atoms with Crippen molar-refractivity contribution in [2.24, 2.45) is 0 Å². The monoisotopic (exact) mass is 319 g/mol. The molecule has 112 valence electrons. The van der Waals surface area contributed by atoms with Crippen molar-refractivity contribution in [2.75, 3.05) is 5.32 Å². The van der Waals surface area contributed by atoms with Gasteiger partial charge in [-0.3, -0.25) is 20.2 Å². The van der Waals surface area contributed by atoms with Gasteiger partial charge in [0.05, 0.1) is 4.92 Å². The summed E-state index contributed by atoms with van der Waals surface area (Å²) in [5.74, 6) is -0.972. The van der Waals surface area contributed by atoms with Crippen LogP contribution in [0.5, 0.6) is 0 Å². The number of carbonyl (C=O) groups is 1. The maximum atomic E-state index is 12.8. The molecule has 2 aromatic rings. The molecule has 2 rings (SSSR count). The summed E-state index contributed by atoms with van der Waals surface area (Å²) in [7, 11) is 0. The van der Waals surface area contributed by atoms with Gasteiger partial charge in [-0.15, -0.1) is 0 Å². The first-order chi connectivity index (χ1) is 10.5. The van der Waals surface area contributed by atoms with Crippen LogP contribution in [0.2, 0.25) is 0 Å². The van der Waals surface area contributed by atoms with Crippen molar-refractivity contribution in [1.29, 1.82) is 0 Å². The lowest BCUT2D eigenvalue weighted by atomic mass is 10.2. The van der Waals surface area contributed by atoms with E-state index in [0.29, 0.717) is 5.69 Å². The van der Waals surface area contributed by atoms with Crippen molar-refractivity contribution in [2.45, 2.75) is 0 Å². The highest BCUT2D eigenvalue weighted by Gasteiger charge is 2.12. The Labute approximate surface area is 130 Å². The molecule has 0 atom stereocenters. The van der Waals surface area contributed by atoms with Gasteiger partial charge in [-0.1, -0.05) is 6.07 Å². The van der Waals surface area contributed by atoms with Crippen LogP contribution >= 0.6 is 12.2 Å². The van der Waals surface area contributed by atoms with E-state index in [1.54, 1.807) is 0 Å². The lowest BCUT2D eigenvalue weighted by Gasteiger charge is -2.09. The van der Waals surface area contributed by atoms with Crippen molar-refractivity contribution in [1.82, 2.24) is 5.32 Å². The van der Waals surface area contributed by atoms with E-state index in [2.05, 4.69) is 10.6 Å². The Kier molecular flexibility index (Phi) is 4.74. The second kappa shape index (κ2) is 6.72. The molecule has 2 aromatic carbocycles. The van der Waals surface area contributed by atoms with Crippen LogP contribution in [0.4, 0.5) is 15.8 Å². The van der Waals surface area contributed by atoms with Gasteiger partial charge in [0, 0.05) is 23.4 Å². The summed E-state index contributed by atoms with van der Waals surface area (Å²) < 4.78 is 12.8. The minimum absolute atomic E-state index is 0.00288. The zero-order chi connectivity index (χ0) is 16.1. The van der Waals surface area contributed by atoms with E-state index < -0.39 is 16.6 Å². The fraction of sp³-hybridized carbons (Fsp3) is 0. The summed E-state index contributed by atoms with van der Waals surface area (Å²) in [4.78, 5) is 22.0. The molecule has 0 radical (unpaired) electrons. The van der Waals surface area contributed by atoms with Gasteiger partial charge in [-0.2, -0.15) is 0 Å². The number of non-ortho nitro benzene ring substituents is 1. The van der Waals surface area contributed by atoms with Gasteiger partial charge >= 0.3 is 0 Å². The Bertz CT molecular complexity index is 734. The summed E-state index contributed by atoms with van der Waals surface area (Å²) in [5.41, 5.74) is 0.424. The molecular formula is C14H10FN3O3S. The van der Waals surface area contributed by atoms with Gasteiger partial charge in [0.2, 0.25) is 0 Å². The Morgan fingerprint density at radius 2 is 1.86 bits per heavy atom. The lowest BCUT2D eigenvalue weighted by molar-refractivity contribution is -0.384. The summed E-state index contributed by atoms with van der Waals surface area (Å²) in [6, 6.07) is 10.7. The number of thiocarbonyl (C=S) groups is 1. The van der Waals surface area contributed by atoms with E-state index in [0.717, 1.165) is 6.07 Å². The molecule has 8 heteroatoms. The van der Waals surface area contributed by atoms with Crippen molar-refractivity contribution in [3.8, 4) is 0 Å². The molecule has 0 aliphatic carbocycles. The second-order valence-corrected chi connectivity index (χ2v) is 4.63. The molecule has 0 heterocycles. The maximum absolute atomic E-state index is 12.8. The molecule has 0 spiro atoms. The van der Waals surface area contributed by atoms with Crippen LogP contribution in [0.15, 0.2) is 48.5 Å². The maximum Gasteiger partial charge on any atom is 0.270 e. The molecule has 0 aliphatic rings. The summed E-state index contributed by atoms with van der Waals surface area (Å²) in [5, 5.41) is 15.8. The number of hydrogen-bond acceptors (Lipinski definition) is 4. The summed E-state index contributed by atoms with van der Waals surface area (Å²) >= 11 is 4.96. The Hall–Kier alpha value is -2.87. The molecule has 0 saturated carbocycles. The third kappa shape index (κ3) is 4.06. The first-order valence-corrected chi connectivity index (χ1v) is 6.49. The first kappa shape index (κ1) is 15.5. The second-order valence-electron chi connectivity index (χ2n) is 4.22. The molecule has 1 amide bonds. The minimum Gasteiger partial charge on any atom is -0.332 e. The van der Waals surface area contributed by atoms with Crippen LogP contribution in [-0.4, -0.2) is 15.9 Å². The topological polar surface area (TPSA) is 84.3 Å². The molecule has 2 N–H and O–H groups in total. The van der Waals surface area contributed by atoms with E-state index in [4.69, 9.17) is 12.2 Å². The molecule has 0 bridgehead atoms. The third-order valence-electron chi connectivity index (χ3n) is 2.65. The minimum atomic E-state index is -0.591. The summed E-state index contributed by atoms with van der Waals surface area (Å²) in [6.45, 7) is 0. The van der Waals surface area contributed by atoms with Crippen molar-refractivity contribution >= 4 is 34.6 Å². The van der Waals surface area contributed by atoms with Crippen LogP contribution in [0.1, 0.15) is 10.4 Å². The fourth-order valence-corrected chi connectivity index (χ4v) is 1.84. The number of rotatable bonds is 3. The molecule has 6 nitrogen and oxygen atoms in total. The Morgan fingerprint density at radius 1 is 1.18 bits per heavy atom. The molecule has 0 aliphatic heterocycles. The number of carbonyl (C=O) groups excluding carboxylic acids is 1. The van der Waals surface area contributed by atoms with Gasteiger partial charge in [-0.25, -0.2) is 4.39 Å². The van der Waals surface area contributed by atoms with E-state index in [1.807, 2.05) is 0 Å². The van der Waals surface area contributed by atoms with E-state index in [9.17, 15) is 19.3 Å². The molecule has 0 saturated heterocycles. The van der Waals surface area contributed by atoms with Gasteiger partial charge < -0.3 is 5.32 Å². The largest absolute Gasteiger partial charge is 0.332 e. The molecule has 0 unspecified atom stereocenters. The van der Waals surface area contributed by atoms with Crippen LogP contribution < -0.4 is 10.6 Å². The van der Waals surface area contributed by atoms with Gasteiger partial charge in [0.15, 0.2) is 5.11 Å². The smallest absolute Gasteiger partial charge is 0.270 e. The molecule has 22 heavy (non-hydrogen) atoms. The Balaban J connectivity index is 2.02. The van der Waals surface area contributed by atoms with Gasteiger partial charge in [-0.05, 0) is 42.5 Å². The lowest BCUT2D eigenvalue weighted by Crippen LogP contribution is -2.34. The van der Waals surface area contributed by atoms with Crippen LogP contribution in [-0.2, 0) is 0 Å². The number of nitrogens with zero attached hydrogens (tertiary/aromatic N) is 1. The van der Waals surface area contributed by atoms with Gasteiger partial charge in [0.1, 0.15) is 5.82 Å². The SMILES string of the molecule is O=C(NC(=S)Nc1ccc(F)cc1)c1cccc([N+](=O)[O-])c1. The van der Waals surface area contributed by atoms with Crippen molar-refractivity contribution in [3.63, 3.8) is 0 Å². The number of halogens is 1. The zero-order valence-corrected chi connectivity index (χ0v) is 11.9. The van der Waals surface area contributed by atoms with Crippen molar-refractivity contribution < 1.29 is 14.1 Å². The normalized spacial score (nSPS) is 9.86. The summed E-state index contributed by atoms with van der Waals surface area (Å²) in [6.07, 6.45) is 0. The van der Waals surface area contributed by atoms with E-state index >= 15 is 0 Å². The molecular weight excluding hydrogens is 309 g/mol. The fourth-order valence-electron chi connectivity index (χ4n) is 1.63. The van der Waals surface area contributed by atoms with Crippen molar-refractivity contribution in [3.05, 3.63) is 70.0 Å². The standard InChI is InChI=1S/C14H10FN3O3S/c15-10-4-6-11(7-5-10)16-14(22)17-13(19)9-2-1-3-12(8-9)18(20)21/h1-8H,(H2,16,17,19,22). The number of nitrogens with one attached hydrogen (secondary N) is 2. The quantitative estimate of drug-likeness (QED) is 0.516.